The Kier molecular flexibility index (Phi) is 15.1. The number of nitrogens with zero attached hydrogens (tertiary/aromatic N) is 5. The number of carboxylic acid groups (broad SMARTS) is 1. The van der Waals surface area contributed by atoms with E-state index in [2.05, 4.69) is 38.7 Å². The number of nitrogens with one attached hydrogen (secondary N) is 2. The summed E-state index contributed by atoms with van der Waals surface area (Å²) in [7, 11) is -3.86. The zero-order valence-corrected chi connectivity index (χ0v) is 27.3. The molecular weight excluding hydrogens is 613 g/mol. The molecule has 1 aliphatic rings. The SMILES string of the molecule is CCCN(CCC)[C@H]1CC[C@H](N(CC(=O)O)Cc2ccc(S(=O)(=O)N(Cc3ncc[nH]3)Cc3ncc[nH]3)cc2)CC1.Cl.Cl. The van der Waals surface area contributed by atoms with Crippen LogP contribution in [0.3, 0.4) is 0 Å². The van der Waals surface area contributed by atoms with Crippen molar-refractivity contribution in [3.63, 3.8) is 0 Å². The third-order valence-corrected chi connectivity index (χ3v) is 9.57. The Bertz CT molecular complexity index is 1260. The van der Waals surface area contributed by atoms with E-state index in [0.29, 0.717) is 24.2 Å². The van der Waals surface area contributed by atoms with Gasteiger partial charge in [0.05, 0.1) is 24.5 Å². The normalized spacial score (nSPS) is 17.1. The summed E-state index contributed by atoms with van der Waals surface area (Å²) in [5.41, 5.74) is 0.884. The first-order valence-electron chi connectivity index (χ1n) is 14.6. The molecule has 1 fully saturated rings. The first-order chi connectivity index (χ1) is 19.8. The fourth-order valence-corrected chi connectivity index (χ4v) is 7.17. The van der Waals surface area contributed by atoms with Gasteiger partial charge in [-0.05, 0) is 69.3 Å². The van der Waals surface area contributed by atoms with Crippen molar-refractivity contribution >= 4 is 40.8 Å². The Hall–Kier alpha value is -2.48. The van der Waals surface area contributed by atoms with E-state index in [1.54, 1.807) is 49.1 Å². The number of imidazole rings is 2. The molecule has 1 saturated carbocycles. The van der Waals surface area contributed by atoms with Crippen LogP contribution in [-0.2, 0) is 34.5 Å². The van der Waals surface area contributed by atoms with Crippen LogP contribution in [-0.4, -0.2) is 85.3 Å². The molecule has 0 amide bonds. The van der Waals surface area contributed by atoms with Crippen LogP contribution in [0.15, 0.2) is 53.9 Å². The van der Waals surface area contributed by atoms with Gasteiger partial charge >= 0.3 is 5.97 Å². The summed E-state index contributed by atoms with van der Waals surface area (Å²) < 4.78 is 28.6. The van der Waals surface area contributed by atoms with Crippen LogP contribution in [0.4, 0.5) is 0 Å². The summed E-state index contributed by atoms with van der Waals surface area (Å²) in [4.78, 5) is 30.9. The number of aromatic amines is 2. The number of aliphatic carboxylic acids is 1. The molecular formula is C29H45Cl2N7O4S. The number of H-pyrrole nitrogens is 2. The molecule has 4 rings (SSSR count). The second kappa shape index (κ2) is 17.7. The molecule has 1 aliphatic carbocycles. The van der Waals surface area contributed by atoms with Crippen molar-refractivity contribution in [2.45, 2.75) is 89.0 Å². The number of carboxylic acids is 1. The Morgan fingerprint density at radius 2 is 1.33 bits per heavy atom. The number of rotatable bonds is 16. The van der Waals surface area contributed by atoms with Crippen LogP contribution in [0.1, 0.15) is 69.6 Å². The summed E-state index contributed by atoms with van der Waals surface area (Å²) in [6, 6.07) is 7.53. The predicted molar refractivity (Wildman–Crippen MR) is 171 cm³/mol. The first-order valence-corrected chi connectivity index (χ1v) is 16.0. The van der Waals surface area contributed by atoms with Gasteiger partial charge in [-0.1, -0.05) is 26.0 Å². The Morgan fingerprint density at radius 1 is 0.837 bits per heavy atom. The number of halogens is 2. The van der Waals surface area contributed by atoms with Gasteiger partial charge in [-0.15, -0.1) is 24.8 Å². The topological polar surface area (TPSA) is 139 Å². The number of carbonyl (C=O) groups is 1. The zero-order valence-electron chi connectivity index (χ0n) is 24.9. The van der Waals surface area contributed by atoms with Crippen LogP contribution in [0.2, 0.25) is 0 Å². The number of aromatic nitrogens is 4. The highest BCUT2D eigenvalue weighted by Gasteiger charge is 2.30. The molecule has 0 aliphatic heterocycles. The standard InChI is InChI=1S/C29H43N7O4S.2ClH/c1-3-17-34(18-4-2)24-7-9-25(10-8-24)35(22-29(37)38)19-23-5-11-26(12-6-23)41(39,40)36(20-27-30-13-14-31-27)21-28-32-15-16-33-28;;/h5-6,11-16,24-25H,3-4,7-10,17-22H2,1-2H3,(H,30,31)(H,32,33)(H,37,38);2*1H/t24-,25-;;. The number of hydrogen-bond donors (Lipinski definition) is 3. The minimum Gasteiger partial charge on any atom is -0.480 e. The maximum Gasteiger partial charge on any atom is 0.317 e. The minimum absolute atomic E-state index is 0. The molecule has 43 heavy (non-hydrogen) atoms. The molecule has 0 unspecified atom stereocenters. The van der Waals surface area contributed by atoms with Gasteiger partial charge in [-0.25, -0.2) is 18.4 Å². The van der Waals surface area contributed by atoms with Crippen molar-refractivity contribution in [3.05, 3.63) is 66.3 Å². The van der Waals surface area contributed by atoms with Gasteiger partial charge in [0, 0.05) is 43.4 Å². The Balaban J connectivity index is 0.00000323. The summed E-state index contributed by atoms with van der Waals surface area (Å²) >= 11 is 0. The third kappa shape index (κ3) is 10.3. The molecule has 0 atom stereocenters. The van der Waals surface area contributed by atoms with Crippen LogP contribution in [0, 0.1) is 0 Å². The van der Waals surface area contributed by atoms with Gasteiger partial charge in [0.25, 0.3) is 0 Å². The van der Waals surface area contributed by atoms with Crippen molar-refractivity contribution in [1.82, 2.24) is 34.0 Å². The highest BCUT2D eigenvalue weighted by atomic mass is 35.5. The second-order valence-electron chi connectivity index (χ2n) is 10.8. The molecule has 0 radical (unpaired) electrons. The van der Waals surface area contributed by atoms with E-state index in [9.17, 15) is 18.3 Å². The van der Waals surface area contributed by atoms with Gasteiger partial charge in [0.15, 0.2) is 0 Å². The van der Waals surface area contributed by atoms with Gasteiger partial charge in [-0.2, -0.15) is 4.31 Å². The fourth-order valence-electron chi connectivity index (χ4n) is 5.81. The molecule has 3 N–H and O–H groups in total. The van der Waals surface area contributed by atoms with Crippen molar-refractivity contribution in [2.24, 2.45) is 0 Å². The smallest absolute Gasteiger partial charge is 0.317 e. The van der Waals surface area contributed by atoms with Crippen molar-refractivity contribution in [1.29, 1.82) is 0 Å². The highest BCUT2D eigenvalue weighted by molar-refractivity contribution is 7.89. The second-order valence-corrected chi connectivity index (χ2v) is 12.7. The summed E-state index contributed by atoms with van der Waals surface area (Å²) in [6.07, 6.45) is 12.8. The first kappa shape index (κ1) is 36.7. The molecule has 0 saturated heterocycles. The van der Waals surface area contributed by atoms with Gasteiger partial charge in [-0.3, -0.25) is 9.69 Å². The predicted octanol–water partition coefficient (Wildman–Crippen LogP) is 4.69. The molecule has 3 aromatic rings. The molecule has 2 heterocycles. The fraction of sp³-hybridized carbons (Fsp3) is 0.552. The number of sulfonamides is 1. The zero-order chi connectivity index (χ0) is 29.2. The lowest BCUT2D eigenvalue weighted by Crippen LogP contribution is -2.45. The minimum atomic E-state index is -3.86. The molecule has 0 bridgehead atoms. The van der Waals surface area contributed by atoms with E-state index in [1.807, 2.05) is 4.90 Å². The number of hydrogen-bond acceptors (Lipinski definition) is 7. The average molecular weight is 659 g/mol. The van der Waals surface area contributed by atoms with Gasteiger partial charge in [0.2, 0.25) is 10.0 Å². The van der Waals surface area contributed by atoms with E-state index in [1.165, 1.54) is 4.31 Å². The highest BCUT2D eigenvalue weighted by Crippen LogP contribution is 2.28. The van der Waals surface area contributed by atoms with E-state index in [0.717, 1.165) is 57.2 Å². The maximum absolute atomic E-state index is 13.6. The van der Waals surface area contributed by atoms with E-state index >= 15 is 0 Å². The molecule has 0 spiro atoms. The molecule has 14 heteroatoms. The summed E-state index contributed by atoms with van der Waals surface area (Å²) in [5, 5.41) is 9.65. The summed E-state index contributed by atoms with van der Waals surface area (Å²) in [5.74, 6) is 0.211. The van der Waals surface area contributed by atoms with Gasteiger partial charge < -0.3 is 20.0 Å². The van der Waals surface area contributed by atoms with Crippen LogP contribution in [0.5, 0.6) is 0 Å². The van der Waals surface area contributed by atoms with E-state index in [-0.39, 0.29) is 55.4 Å². The molecule has 240 valence electrons. The molecule has 1 aromatic carbocycles. The van der Waals surface area contributed by atoms with Gasteiger partial charge in [0.1, 0.15) is 11.6 Å². The van der Waals surface area contributed by atoms with Crippen molar-refractivity contribution < 1.29 is 18.3 Å². The van der Waals surface area contributed by atoms with Crippen molar-refractivity contribution in [2.75, 3.05) is 19.6 Å². The van der Waals surface area contributed by atoms with Crippen LogP contribution in [0.25, 0.3) is 0 Å². The molecule has 11 nitrogen and oxygen atoms in total. The summed E-state index contributed by atoms with van der Waals surface area (Å²) in [6.45, 7) is 7.21. The Labute approximate surface area is 267 Å². The number of benzene rings is 1. The lowest BCUT2D eigenvalue weighted by molar-refractivity contribution is -0.139. The molecule has 2 aromatic heterocycles. The quantitative estimate of drug-likeness (QED) is 0.202. The van der Waals surface area contributed by atoms with E-state index in [4.69, 9.17) is 0 Å². The third-order valence-electron chi connectivity index (χ3n) is 7.77. The van der Waals surface area contributed by atoms with Crippen LogP contribution >= 0.6 is 24.8 Å². The lowest BCUT2D eigenvalue weighted by atomic mass is 9.88. The van der Waals surface area contributed by atoms with Crippen LogP contribution < -0.4 is 0 Å². The average Bonchev–Trinajstić information content (AvgIpc) is 3.67. The van der Waals surface area contributed by atoms with E-state index < -0.39 is 16.0 Å². The lowest BCUT2D eigenvalue weighted by Gasteiger charge is -2.40. The maximum atomic E-state index is 13.6. The Morgan fingerprint density at radius 3 is 1.74 bits per heavy atom. The van der Waals surface area contributed by atoms with Crippen molar-refractivity contribution in [3.8, 4) is 0 Å². The largest absolute Gasteiger partial charge is 0.480 e. The monoisotopic (exact) mass is 657 g/mol.